The highest BCUT2D eigenvalue weighted by molar-refractivity contribution is 8.00. The molecule has 2 amide bonds. The fraction of sp³-hybridized carbons (Fsp3) is 0.130. The molecule has 0 aromatic heterocycles. The Morgan fingerprint density at radius 3 is 2.18 bits per heavy atom. The molecule has 3 aromatic carbocycles. The summed E-state index contributed by atoms with van der Waals surface area (Å²) in [6.07, 6.45) is 0. The number of hydrogen-bond donors (Lipinski definition) is 2. The molecule has 3 aromatic rings. The molecule has 1 aliphatic rings. The second kappa shape index (κ2) is 7.90. The van der Waals surface area contributed by atoms with Crippen LogP contribution in [0.5, 0.6) is 0 Å². The molecule has 5 heteroatoms. The van der Waals surface area contributed by atoms with Crippen LogP contribution in [0, 0.1) is 0 Å². The van der Waals surface area contributed by atoms with Gasteiger partial charge in [0.1, 0.15) is 0 Å². The lowest BCUT2D eigenvalue weighted by molar-refractivity contribution is -0.115. The van der Waals surface area contributed by atoms with Gasteiger partial charge in [-0.3, -0.25) is 9.59 Å². The van der Waals surface area contributed by atoms with E-state index in [2.05, 4.69) is 10.6 Å². The molecule has 0 bridgehead atoms. The van der Waals surface area contributed by atoms with Crippen molar-refractivity contribution in [1.82, 2.24) is 5.32 Å². The van der Waals surface area contributed by atoms with E-state index < -0.39 is 0 Å². The zero-order chi connectivity index (χ0) is 19.5. The van der Waals surface area contributed by atoms with Crippen LogP contribution < -0.4 is 10.6 Å². The summed E-state index contributed by atoms with van der Waals surface area (Å²) in [5.74, 6) is -0.222. The lowest BCUT2D eigenvalue weighted by Crippen LogP contribution is -2.30. The van der Waals surface area contributed by atoms with Crippen LogP contribution in [-0.2, 0) is 4.79 Å². The third-order valence-corrected chi connectivity index (χ3v) is 5.89. The monoisotopic (exact) mass is 388 g/mol. The molecule has 28 heavy (non-hydrogen) atoms. The Labute approximate surface area is 168 Å². The van der Waals surface area contributed by atoms with E-state index in [0.29, 0.717) is 11.3 Å². The molecule has 0 fully saturated rings. The van der Waals surface area contributed by atoms with Crippen LogP contribution in [0.3, 0.4) is 0 Å². The van der Waals surface area contributed by atoms with Crippen LogP contribution in [0.4, 0.5) is 5.69 Å². The number of thioether (sulfide) groups is 1. The number of fused-ring (bicyclic) bond motifs is 1. The molecule has 4 nitrogen and oxygen atoms in total. The van der Waals surface area contributed by atoms with Crippen LogP contribution in [0.2, 0.25) is 0 Å². The van der Waals surface area contributed by atoms with Gasteiger partial charge in [0, 0.05) is 10.5 Å². The standard InChI is InChI=1S/C23H20N2O2S/c1-15-22(26)24-19-14-18(12-13-20(19)28-15)23(27)25-21(16-8-4-2-5-9-16)17-10-6-3-7-11-17/h2-15,21H,1H3,(H,24,26)(H,25,27). The summed E-state index contributed by atoms with van der Waals surface area (Å²) in [5.41, 5.74) is 3.23. The molecule has 2 N–H and O–H groups in total. The largest absolute Gasteiger partial charge is 0.341 e. The fourth-order valence-electron chi connectivity index (χ4n) is 3.21. The van der Waals surface area contributed by atoms with Crippen molar-refractivity contribution in [2.45, 2.75) is 23.1 Å². The van der Waals surface area contributed by atoms with E-state index in [0.717, 1.165) is 16.0 Å². The van der Waals surface area contributed by atoms with Crippen LogP contribution >= 0.6 is 11.8 Å². The van der Waals surface area contributed by atoms with Crippen molar-refractivity contribution in [3.05, 3.63) is 95.6 Å². The van der Waals surface area contributed by atoms with Crippen molar-refractivity contribution in [3.8, 4) is 0 Å². The van der Waals surface area contributed by atoms with Crippen molar-refractivity contribution >= 4 is 29.3 Å². The SMILES string of the molecule is CC1Sc2ccc(C(=O)NC(c3ccccc3)c3ccccc3)cc2NC1=O. The number of carbonyl (C=O) groups is 2. The number of carbonyl (C=O) groups excluding carboxylic acids is 2. The van der Waals surface area contributed by atoms with E-state index in [1.165, 1.54) is 11.8 Å². The van der Waals surface area contributed by atoms with Gasteiger partial charge in [0.15, 0.2) is 0 Å². The summed E-state index contributed by atoms with van der Waals surface area (Å²) in [7, 11) is 0. The smallest absolute Gasteiger partial charge is 0.252 e. The highest BCUT2D eigenvalue weighted by atomic mass is 32.2. The maximum Gasteiger partial charge on any atom is 0.252 e. The first-order valence-corrected chi connectivity index (χ1v) is 10.0. The molecule has 1 aliphatic heterocycles. The van der Waals surface area contributed by atoms with Gasteiger partial charge in [0.2, 0.25) is 5.91 Å². The van der Waals surface area contributed by atoms with Gasteiger partial charge in [-0.05, 0) is 36.2 Å². The molecule has 0 aliphatic carbocycles. The van der Waals surface area contributed by atoms with E-state index in [9.17, 15) is 9.59 Å². The van der Waals surface area contributed by atoms with Gasteiger partial charge in [-0.25, -0.2) is 0 Å². The predicted molar refractivity (Wildman–Crippen MR) is 113 cm³/mol. The highest BCUT2D eigenvalue weighted by Crippen LogP contribution is 2.36. The van der Waals surface area contributed by atoms with Crippen molar-refractivity contribution in [1.29, 1.82) is 0 Å². The molecule has 1 unspecified atom stereocenters. The predicted octanol–water partition coefficient (Wildman–Crippen LogP) is 4.64. The Hall–Kier alpha value is -3.05. The number of benzene rings is 3. The van der Waals surface area contributed by atoms with Crippen LogP contribution in [0.25, 0.3) is 0 Å². The third kappa shape index (κ3) is 3.80. The zero-order valence-electron chi connectivity index (χ0n) is 15.4. The average Bonchev–Trinajstić information content (AvgIpc) is 2.73. The van der Waals surface area contributed by atoms with E-state index >= 15 is 0 Å². The Morgan fingerprint density at radius 2 is 1.57 bits per heavy atom. The molecule has 1 atom stereocenters. The van der Waals surface area contributed by atoms with Gasteiger partial charge in [-0.1, -0.05) is 60.7 Å². The minimum atomic E-state index is -0.255. The van der Waals surface area contributed by atoms with Crippen molar-refractivity contribution in [3.63, 3.8) is 0 Å². The number of hydrogen-bond acceptors (Lipinski definition) is 3. The van der Waals surface area contributed by atoms with Gasteiger partial charge >= 0.3 is 0 Å². The molecular weight excluding hydrogens is 368 g/mol. The van der Waals surface area contributed by atoms with Gasteiger partial charge in [0.25, 0.3) is 5.91 Å². The Morgan fingerprint density at radius 1 is 0.964 bits per heavy atom. The molecule has 0 saturated heterocycles. The second-order valence-corrected chi connectivity index (χ2v) is 8.07. The molecular formula is C23H20N2O2S. The lowest BCUT2D eigenvalue weighted by Gasteiger charge is -2.23. The maximum atomic E-state index is 13.0. The second-order valence-electron chi connectivity index (χ2n) is 6.69. The fourth-order valence-corrected chi connectivity index (χ4v) is 4.14. The highest BCUT2D eigenvalue weighted by Gasteiger charge is 2.24. The van der Waals surface area contributed by atoms with Crippen molar-refractivity contribution in [2.24, 2.45) is 0 Å². The number of anilines is 1. The molecule has 140 valence electrons. The minimum Gasteiger partial charge on any atom is -0.341 e. The summed E-state index contributed by atoms with van der Waals surface area (Å²) >= 11 is 1.50. The van der Waals surface area contributed by atoms with Gasteiger partial charge in [-0.15, -0.1) is 11.8 Å². The number of amides is 2. The van der Waals surface area contributed by atoms with E-state index in [1.54, 1.807) is 12.1 Å². The average molecular weight is 388 g/mol. The Bertz CT molecular complexity index is 966. The zero-order valence-corrected chi connectivity index (χ0v) is 16.2. The molecule has 0 spiro atoms. The normalized spacial score (nSPS) is 15.6. The molecule has 1 heterocycles. The van der Waals surface area contributed by atoms with Gasteiger partial charge in [-0.2, -0.15) is 0 Å². The van der Waals surface area contributed by atoms with Crippen LogP contribution in [0.1, 0.15) is 34.5 Å². The first-order chi connectivity index (χ1) is 13.6. The van der Waals surface area contributed by atoms with Crippen molar-refractivity contribution < 1.29 is 9.59 Å². The first kappa shape index (κ1) is 18.3. The quantitative estimate of drug-likeness (QED) is 0.685. The van der Waals surface area contributed by atoms with Crippen molar-refractivity contribution in [2.75, 3.05) is 5.32 Å². The van der Waals surface area contributed by atoms with Crippen LogP contribution in [-0.4, -0.2) is 17.1 Å². The van der Waals surface area contributed by atoms with E-state index in [4.69, 9.17) is 0 Å². The lowest BCUT2D eigenvalue weighted by atomic mass is 9.98. The minimum absolute atomic E-state index is 0.0403. The summed E-state index contributed by atoms with van der Waals surface area (Å²) in [4.78, 5) is 25.9. The molecule has 0 radical (unpaired) electrons. The first-order valence-electron chi connectivity index (χ1n) is 9.14. The third-order valence-electron chi connectivity index (χ3n) is 4.71. The maximum absolute atomic E-state index is 13.0. The topological polar surface area (TPSA) is 58.2 Å². The summed E-state index contributed by atoms with van der Waals surface area (Å²) < 4.78 is 0. The molecule has 4 rings (SSSR count). The van der Waals surface area contributed by atoms with E-state index in [-0.39, 0.29) is 23.1 Å². The van der Waals surface area contributed by atoms with E-state index in [1.807, 2.05) is 73.7 Å². The summed E-state index contributed by atoms with van der Waals surface area (Å²) in [5, 5.41) is 5.88. The summed E-state index contributed by atoms with van der Waals surface area (Å²) in [6, 6.07) is 25.0. The molecule has 0 saturated carbocycles. The van der Waals surface area contributed by atoms with Gasteiger partial charge < -0.3 is 10.6 Å². The summed E-state index contributed by atoms with van der Waals surface area (Å²) in [6.45, 7) is 1.87. The number of nitrogens with one attached hydrogen (secondary N) is 2. The Balaban J connectivity index is 1.62. The van der Waals surface area contributed by atoms with Crippen LogP contribution in [0.15, 0.2) is 83.8 Å². The Kier molecular flexibility index (Phi) is 5.17. The number of rotatable bonds is 4. The van der Waals surface area contributed by atoms with Gasteiger partial charge in [0.05, 0.1) is 17.0 Å².